The third-order valence-electron chi connectivity index (χ3n) is 2.19. The van der Waals surface area contributed by atoms with E-state index in [1.807, 2.05) is 0 Å². The molecule has 2 unspecified atom stereocenters. The number of rotatable bonds is 6. The first-order valence-corrected chi connectivity index (χ1v) is 6.49. The van der Waals surface area contributed by atoms with Gasteiger partial charge in [0, 0.05) is 0 Å². The standard InChI is InChI=1S/C12H15NO4S/c1-2-18-11(12(16)17)13-10(15)9(14)8-6-4-3-5-7-8/h3-7,9,11,14H,2H2,1H3,(H,13,15)(H,16,17). The summed E-state index contributed by atoms with van der Waals surface area (Å²) < 4.78 is 0. The molecule has 1 aromatic rings. The summed E-state index contributed by atoms with van der Waals surface area (Å²) in [4.78, 5) is 22.6. The molecule has 6 heteroatoms. The maximum atomic E-state index is 11.7. The van der Waals surface area contributed by atoms with Crippen molar-refractivity contribution in [2.45, 2.75) is 18.4 Å². The third kappa shape index (κ3) is 4.05. The zero-order chi connectivity index (χ0) is 13.5. The first kappa shape index (κ1) is 14.5. The molecule has 0 aromatic heterocycles. The van der Waals surface area contributed by atoms with Gasteiger partial charge in [0.15, 0.2) is 11.5 Å². The van der Waals surface area contributed by atoms with Crippen LogP contribution in [-0.4, -0.2) is 33.2 Å². The van der Waals surface area contributed by atoms with E-state index in [9.17, 15) is 14.7 Å². The van der Waals surface area contributed by atoms with Crippen LogP contribution in [0.3, 0.4) is 0 Å². The molecule has 0 spiro atoms. The highest BCUT2D eigenvalue weighted by Crippen LogP contribution is 2.14. The van der Waals surface area contributed by atoms with Crippen molar-refractivity contribution in [3.05, 3.63) is 35.9 Å². The minimum atomic E-state index is -1.36. The van der Waals surface area contributed by atoms with Gasteiger partial charge >= 0.3 is 5.97 Å². The fourth-order valence-corrected chi connectivity index (χ4v) is 2.01. The Morgan fingerprint density at radius 3 is 2.44 bits per heavy atom. The number of nitrogens with one attached hydrogen (secondary N) is 1. The van der Waals surface area contributed by atoms with Gasteiger partial charge in [-0.05, 0) is 11.3 Å². The molecular formula is C12H15NO4S. The van der Waals surface area contributed by atoms with Crippen LogP contribution < -0.4 is 5.32 Å². The molecule has 1 aromatic carbocycles. The van der Waals surface area contributed by atoms with Crippen molar-refractivity contribution in [3.63, 3.8) is 0 Å². The van der Waals surface area contributed by atoms with Gasteiger partial charge in [0.1, 0.15) is 0 Å². The summed E-state index contributed by atoms with van der Waals surface area (Å²) in [6, 6.07) is 8.36. The quantitative estimate of drug-likeness (QED) is 0.671. The van der Waals surface area contributed by atoms with Crippen LogP contribution in [0.25, 0.3) is 0 Å². The summed E-state index contributed by atoms with van der Waals surface area (Å²) in [5, 5.41) is 19.9. The Balaban J connectivity index is 2.67. The molecule has 0 aliphatic carbocycles. The Kier molecular flexibility index (Phi) is 5.67. The Hall–Kier alpha value is -1.53. The van der Waals surface area contributed by atoms with Crippen LogP contribution in [0.1, 0.15) is 18.6 Å². The number of aliphatic hydroxyl groups excluding tert-OH is 1. The fourth-order valence-electron chi connectivity index (χ4n) is 1.34. The number of carboxylic acid groups (broad SMARTS) is 1. The first-order chi connectivity index (χ1) is 8.56. The van der Waals surface area contributed by atoms with Crippen LogP contribution in [0, 0.1) is 0 Å². The molecule has 2 atom stereocenters. The van der Waals surface area contributed by atoms with E-state index < -0.39 is 23.4 Å². The molecule has 0 saturated heterocycles. The Bertz CT molecular complexity index is 410. The predicted octanol–water partition coefficient (Wildman–Crippen LogP) is 1.000. The topological polar surface area (TPSA) is 86.6 Å². The number of carbonyl (C=O) groups is 2. The lowest BCUT2D eigenvalue weighted by Gasteiger charge is -2.16. The summed E-state index contributed by atoms with van der Waals surface area (Å²) >= 11 is 1.08. The highest BCUT2D eigenvalue weighted by Gasteiger charge is 2.24. The summed E-state index contributed by atoms with van der Waals surface area (Å²) in [7, 11) is 0. The van der Waals surface area contributed by atoms with Crippen LogP contribution in [0.5, 0.6) is 0 Å². The Morgan fingerprint density at radius 1 is 1.33 bits per heavy atom. The molecule has 5 nitrogen and oxygen atoms in total. The van der Waals surface area contributed by atoms with E-state index in [4.69, 9.17) is 5.11 Å². The highest BCUT2D eigenvalue weighted by molar-refractivity contribution is 8.00. The zero-order valence-electron chi connectivity index (χ0n) is 9.87. The number of aliphatic hydroxyl groups is 1. The van der Waals surface area contributed by atoms with E-state index >= 15 is 0 Å². The van der Waals surface area contributed by atoms with Gasteiger partial charge in [-0.2, -0.15) is 0 Å². The second-order valence-corrected chi connectivity index (χ2v) is 4.88. The number of carboxylic acids is 1. The summed E-state index contributed by atoms with van der Waals surface area (Å²) in [5.41, 5.74) is 0.431. The van der Waals surface area contributed by atoms with Crippen LogP contribution in [0.2, 0.25) is 0 Å². The monoisotopic (exact) mass is 269 g/mol. The van der Waals surface area contributed by atoms with E-state index in [1.54, 1.807) is 37.3 Å². The van der Waals surface area contributed by atoms with Crippen molar-refractivity contribution in [1.29, 1.82) is 0 Å². The number of hydrogen-bond donors (Lipinski definition) is 3. The lowest BCUT2D eigenvalue weighted by molar-refractivity contribution is -0.140. The molecule has 98 valence electrons. The van der Waals surface area contributed by atoms with E-state index in [2.05, 4.69) is 5.32 Å². The van der Waals surface area contributed by atoms with Gasteiger partial charge in [-0.1, -0.05) is 37.3 Å². The van der Waals surface area contributed by atoms with Crippen molar-refractivity contribution in [2.75, 3.05) is 5.75 Å². The van der Waals surface area contributed by atoms with E-state index in [0.717, 1.165) is 11.8 Å². The first-order valence-electron chi connectivity index (χ1n) is 5.44. The number of benzene rings is 1. The van der Waals surface area contributed by atoms with Gasteiger partial charge in [-0.25, -0.2) is 4.79 Å². The van der Waals surface area contributed by atoms with Gasteiger partial charge in [-0.3, -0.25) is 4.79 Å². The molecule has 1 amide bonds. The number of thioether (sulfide) groups is 1. The molecular weight excluding hydrogens is 254 g/mol. The summed E-state index contributed by atoms with van der Waals surface area (Å²) in [6.45, 7) is 1.79. The maximum absolute atomic E-state index is 11.7. The maximum Gasteiger partial charge on any atom is 0.336 e. The molecule has 0 bridgehead atoms. The molecule has 0 fully saturated rings. The molecule has 0 aliphatic rings. The number of hydrogen-bond acceptors (Lipinski definition) is 4. The lowest BCUT2D eigenvalue weighted by Crippen LogP contribution is -2.41. The largest absolute Gasteiger partial charge is 0.479 e. The second kappa shape index (κ2) is 7.03. The average Bonchev–Trinajstić information content (AvgIpc) is 2.38. The van der Waals surface area contributed by atoms with Gasteiger partial charge in [0.05, 0.1) is 0 Å². The van der Waals surface area contributed by atoms with Crippen molar-refractivity contribution in [1.82, 2.24) is 5.32 Å². The Morgan fingerprint density at radius 2 is 1.94 bits per heavy atom. The summed E-state index contributed by atoms with van der Waals surface area (Å²) in [6.07, 6.45) is -1.36. The van der Waals surface area contributed by atoms with Gasteiger partial charge in [0.25, 0.3) is 5.91 Å². The van der Waals surface area contributed by atoms with Crippen LogP contribution in [0.4, 0.5) is 0 Å². The number of aliphatic carboxylic acids is 1. The average molecular weight is 269 g/mol. The SMILES string of the molecule is CCSC(NC(=O)C(O)c1ccccc1)C(=O)O. The van der Waals surface area contributed by atoms with Crippen molar-refractivity contribution in [3.8, 4) is 0 Å². The van der Waals surface area contributed by atoms with Crippen LogP contribution >= 0.6 is 11.8 Å². The highest BCUT2D eigenvalue weighted by atomic mass is 32.2. The zero-order valence-corrected chi connectivity index (χ0v) is 10.7. The number of amides is 1. The van der Waals surface area contributed by atoms with E-state index in [1.165, 1.54) is 0 Å². The van der Waals surface area contributed by atoms with Gasteiger partial charge in [0.2, 0.25) is 0 Å². The smallest absolute Gasteiger partial charge is 0.336 e. The second-order valence-electron chi connectivity index (χ2n) is 3.50. The molecule has 0 heterocycles. The third-order valence-corrected chi connectivity index (χ3v) is 3.18. The number of carbonyl (C=O) groups excluding carboxylic acids is 1. The van der Waals surface area contributed by atoms with Gasteiger partial charge < -0.3 is 15.5 Å². The fraction of sp³-hybridized carbons (Fsp3) is 0.333. The van der Waals surface area contributed by atoms with Crippen molar-refractivity contribution in [2.24, 2.45) is 0 Å². The minimum Gasteiger partial charge on any atom is -0.479 e. The Labute approximate surface area is 109 Å². The van der Waals surface area contributed by atoms with Crippen molar-refractivity contribution < 1.29 is 19.8 Å². The molecule has 0 saturated carbocycles. The summed E-state index contributed by atoms with van der Waals surface area (Å²) in [5.74, 6) is -1.29. The molecule has 1 rings (SSSR count). The molecule has 3 N–H and O–H groups in total. The normalized spacial score (nSPS) is 13.7. The lowest BCUT2D eigenvalue weighted by atomic mass is 10.1. The predicted molar refractivity (Wildman–Crippen MR) is 69.1 cm³/mol. The van der Waals surface area contributed by atoms with Crippen LogP contribution in [-0.2, 0) is 9.59 Å². The van der Waals surface area contributed by atoms with Crippen LogP contribution in [0.15, 0.2) is 30.3 Å². The van der Waals surface area contributed by atoms with E-state index in [-0.39, 0.29) is 0 Å². The molecule has 18 heavy (non-hydrogen) atoms. The van der Waals surface area contributed by atoms with Crippen molar-refractivity contribution >= 4 is 23.6 Å². The molecule has 0 aliphatic heterocycles. The van der Waals surface area contributed by atoms with E-state index in [0.29, 0.717) is 11.3 Å². The van der Waals surface area contributed by atoms with Gasteiger partial charge in [-0.15, -0.1) is 11.8 Å². The minimum absolute atomic E-state index is 0.431. The molecule has 0 radical (unpaired) electrons.